The largest absolute Gasteiger partial charge is 0.497 e. The Bertz CT molecular complexity index is 797. The minimum absolute atomic E-state index is 0.0596. The number of carbonyl (C=O) groups is 1. The van der Waals surface area contributed by atoms with Crippen molar-refractivity contribution in [1.29, 1.82) is 0 Å². The lowest BCUT2D eigenvalue weighted by Gasteiger charge is -2.42. The van der Waals surface area contributed by atoms with Crippen LogP contribution in [-0.4, -0.2) is 44.6 Å². The number of methoxy groups -OCH3 is 1. The van der Waals surface area contributed by atoms with Crippen LogP contribution in [0.4, 0.5) is 0 Å². The van der Waals surface area contributed by atoms with Gasteiger partial charge < -0.3 is 19.0 Å². The highest BCUT2D eigenvalue weighted by Gasteiger charge is 2.43. The fourth-order valence-corrected chi connectivity index (χ4v) is 6.10. The van der Waals surface area contributed by atoms with E-state index in [-0.39, 0.29) is 46.7 Å². The van der Waals surface area contributed by atoms with Gasteiger partial charge in [0.15, 0.2) is 8.32 Å². The number of aliphatic hydroxyl groups is 1. The molecule has 0 aromatic heterocycles. The number of carbonyl (C=O) groups excluding carboxylic acids is 1. The van der Waals surface area contributed by atoms with Crippen LogP contribution in [0.1, 0.15) is 74.8 Å². The summed E-state index contributed by atoms with van der Waals surface area (Å²) in [5.41, 5.74) is 1.04. The molecule has 36 heavy (non-hydrogen) atoms. The number of aliphatic hydroxyl groups excluding tert-OH is 1. The van der Waals surface area contributed by atoms with E-state index in [1.165, 1.54) is 0 Å². The number of hydrogen-bond donors (Lipinski definition) is 1. The monoisotopic (exact) mass is 522 g/mol. The van der Waals surface area contributed by atoms with Crippen molar-refractivity contribution in [2.45, 2.75) is 112 Å². The van der Waals surface area contributed by atoms with Crippen LogP contribution in [0.15, 0.2) is 24.3 Å². The zero-order valence-electron chi connectivity index (χ0n) is 25.2. The maximum atomic E-state index is 13.6. The molecule has 0 fully saturated rings. The van der Waals surface area contributed by atoms with Crippen molar-refractivity contribution in [2.75, 3.05) is 7.11 Å². The first-order valence-corrected chi connectivity index (χ1v) is 16.5. The molecule has 1 rings (SSSR count). The highest BCUT2D eigenvalue weighted by atomic mass is 28.4. The van der Waals surface area contributed by atoms with E-state index in [1.54, 1.807) is 7.11 Å². The zero-order chi connectivity index (χ0) is 28.0. The second-order valence-electron chi connectivity index (χ2n) is 12.8. The first kappa shape index (κ1) is 32.8. The molecule has 0 saturated heterocycles. The highest BCUT2D eigenvalue weighted by molar-refractivity contribution is 6.74. The van der Waals surface area contributed by atoms with Crippen LogP contribution in [0.25, 0.3) is 0 Å². The molecule has 1 N–H and O–H groups in total. The Kier molecular flexibility index (Phi) is 12.3. The van der Waals surface area contributed by atoms with Gasteiger partial charge in [0.2, 0.25) is 0 Å². The molecule has 0 unspecified atom stereocenters. The number of Topliss-reactive ketones (excluding diaryl/α,β-unsaturated/α-hetero) is 1. The topological polar surface area (TPSA) is 65.0 Å². The van der Waals surface area contributed by atoms with Crippen molar-refractivity contribution < 1.29 is 23.8 Å². The minimum atomic E-state index is -2.05. The van der Waals surface area contributed by atoms with Crippen LogP contribution in [0.3, 0.4) is 0 Å². The summed E-state index contributed by atoms with van der Waals surface area (Å²) in [5.74, 6) is 0.257. The average molecular weight is 523 g/mol. The molecule has 0 aliphatic rings. The van der Waals surface area contributed by atoms with Crippen LogP contribution in [0.5, 0.6) is 5.75 Å². The zero-order valence-corrected chi connectivity index (χ0v) is 26.2. The SMILES string of the molecule is COc1ccc(CO[C@H](C(C)C)[C@H](C)[C@@H](O)[C@@H](C)C(=O)[C@@H](C)[C@H](O[Si](C)(C)C(C)(C)C)C(C)C)cc1. The van der Waals surface area contributed by atoms with E-state index in [4.69, 9.17) is 13.9 Å². The lowest BCUT2D eigenvalue weighted by atomic mass is 9.78. The fraction of sp³-hybridized carbons (Fsp3) is 0.767. The predicted octanol–water partition coefficient (Wildman–Crippen LogP) is 7.12. The lowest BCUT2D eigenvalue weighted by Crippen LogP contribution is -2.50. The number of rotatable bonds is 14. The van der Waals surface area contributed by atoms with E-state index >= 15 is 0 Å². The van der Waals surface area contributed by atoms with Gasteiger partial charge >= 0.3 is 0 Å². The molecule has 5 nitrogen and oxygen atoms in total. The third-order valence-electron chi connectivity index (χ3n) is 8.11. The summed E-state index contributed by atoms with van der Waals surface area (Å²) in [7, 11) is -0.399. The summed E-state index contributed by atoms with van der Waals surface area (Å²) in [4.78, 5) is 13.6. The maximum absolute atomic E-state index is 13.6. The van der Waals surface area contributed by atoms with Crippen molar-refractivity contribution in [3.63, 3.8) is 0 Å². The molecular weight excluding hydrogens is 468 g/mol. The molecule has 0 aliphatic heterocycles. The number of ketones is 1. The predicted molar refractivity (Wildman–Crippen MR) is 152 cm³/mol. The van der Waals surface area contributed by atoms with Crippen molar-refractivity contribution in [3.05, 3.63) is 29.8 Å². The number of hydrogen-bond acceptors (Lipinski definition) is 5. The van der Waals surface area contributed by atoms with Gasteiger partial charge in [0.1, 0.15) is 11.5 Å². The van der Waals surface area contributed by atoms with Crippen molar-refractivity contribution >= 4 is 14.1 Å². The summed E-state index contributed by atoms with van der Waals surface area (Å²) in [6.07, 6.45) is -1.16. The molecule has 0 saturated carbocycles. The molecule has 0 aliphatic carbocycles. The Morgan fingerprint density at radius 3 is 1.81 bits per heavy atom. The molecular formula is C30H54O5Si. The Balaban J connectivity index is 2.96. The van der Waals surface area contributed by atoms with Crippen LogP contribution < -0.4 is 4.74 Å². The Labute approximate surface area is 222 Å². The van der Waals surface area contributed by atoms with E-state index in [0.717, 1.165) is 11.3 Å². The highest BCUT2D eigenvalue weighted by Crippen LogP contribution is 2.39. The molecule has 0 amide bonds. The average Bonchev–Trinajstić information content (AvgIpc) is 2.79. The second-order valence-corrected chi connectivity index (χ2v) is 17.5. The smallest absolute Gasteiger partial charge is 0.192 e. The number of benzene rings is 1. The first-order chi connectivity index (χ1) is 16.4. The summed E-state index contributed by atoms with van der Waals surface area (Å²) < 4.78 is 18.3. The molecule has 1 aromatic carbocycles. The van der Waals surface area contributed by atoms with E-state index < -0.39 is 20.3 Å². The van der Waals surface area contributed by atoms with E-state index in [1.807, 2.05) is 45.0 Å². The van der Waals surface area contributed by atoms with Crippen molar-refractivity contribution in [1.82, 2.24) is 0 Å². The molecule has 0 radical (unpaired) electrons. The summed E-state index contributed by atoms with van der Waals surface area (Å²) >= 11 is 0. The molecule has 6 atom stereocenters. The Morgan fingerprint density at radius 2 is 1.39 bits per heavy atom. The molecule has 0 bridgehead atoms. The molecule has 0 spiro atoms. The van der Waals surface area contributed by atoms with Crippen molar-refractivity contribution in [3.8, 4) is 5.75 Å². The van der Waals surface area contributed by atoms with Crippen molar-refractivity contribution in [2.24, 2.45) is 29.6 Å². The van der Waals surface area contributed by atoms with E-state index in [2.05, 4.69) is 61.6 Å². The van der Waals surface area contributed by atoms with Gasteiger partial charge in [0.05, 0.1) is 32.0 Å². The van der Waals surface area contributed by atoms with E-state index in [9.17, 15) is 9.90 Å². The van der Waals surface area contributed by atoms with Gasteiger partial charge in [-0.15, -0.1) is 0 Å². The van der Waals surface area contributed by atoms with Gasteiger partial charge in [-0.25, -0.2) is 0 Å². The summed E-state index contributed by atoms with van der Waals surface area (Å²) in [6.45, 7) is 25.8. The normalized spacial score (nSPS) is 18.0. The maximum Gasteiger partial charge on any atom is 0.192 e. The van der Waals surface area contributed by atoms with Gasteiger partial charge in [-0.3, -0.25) is 4.79 Å². The third kappa shape index (κ3) is 8.68. The fourth-order valence-electron chi connectivity index (χ4n) is 4.59. The van der Waals surface area contributed by atoms with Gasteiger partial charge in [-0.1, -0.05) is 81.4 Å². The van der Waals surface area contributed by atoms with Crippen LogP contribution in [-0.2, 0) is 20.6 Å². The Hall–Kier alpha value is -1.21. The Morgan fingerprint density at radius 1 is 0.889 bits per heavy atom. The third-order valence-corrected chi connectivity index (χ3v) is 12.6. The van der Waals surface area contributed by atoms with Crippen LogP contribution in [0, 0.1) is 29.6 Å². The standard InChI is InChI=1S/C30H54O5Si/c1-19(2)28(34-18-24-14-16-25(33-11)17-15-24)22(6)26(31)21(5)27(32)23(7)29(20(3)4)35-36(12,13)30(8,9)10/h14-17,19-23,26,28-29,31H,18H2,1-13H3/t21-,22-,23-,26+,28-,29-/m1/s1. The van der Waals surface area contributed by atoms with E-state index in [0.29, 0.717) is 6.61 Å². The van der Waals surface area contributed by atoms with Gasteiger partial charge in [0.25, 0.3) is 0 Å². The van der Waals surface area contributed by atoms with Crippen LogP contribution >= 0.6 is 0 Å². The number of ether oxygens (including phenoxy) is 2. The van der Waals surface area contributed by atoms with Gasteiger partial charge in [-0.05, 0) is 47.7 Å². The van der Waals surface area contributed by atoms with Crippen LogP contribution in [0.2, 0.25) is 18.1 Å². The quantitative estimate of drug-likeness (QED) is 0.264. The molecule has 208 valence electrons. The second kappa shape index (κ2) is 13.5. The molecule has 0 heterocycles. The van der Waals surface area contributed by atoms with Gasteiger partial charge in [-0.2, -0.15) is 0 Å². The lowest BCUT2D eigenvalue weighted by molar-refractivity contribution is -0.137. The summed E-state index contributed by atoms with van der Waals surface area (Å²) in [5, 5.41) is 11.4. The summed E-state index contributed by atoms with van der Waals surface area (Å²) in [6, 6.07) is 7.81. The first-order valence-electron chi connectivity index (χ1n) is 13.6. The molecule has 6 heteroatoms. The minimum Gasteiger partial charge on any atom is -0.497 e. The molecule has 1 aromatic rings. The van der Waals surface area contributed by atoms with Gasteiger partial charge in [0, 0.05) is 17.8 Å².